The summed E-state index contributed by atoms with van der Waals surface area (Å²) in [4.78, 5) is 15.3. The van der Waals surface area contributed by atoms with Gasteiger partial charge < -0.3 is 10.2 Å². The molecule has 2 fully saturated rings. The fourth-order valence-corrected chi connectivity index (χ4v) is 4.12. The van der Waals surface area contributed by atoms with E-state index in [1.807, 2.05) is 17.9 Å². The van der Waals surface area contributed by atoms with Crippen LogP contribution in [-0.2, 0) is 11.8 Å². The van der Waals surface area contributed by atoms with E-state index in [1.165, 1.54) is 37.7 Å². The molecule has 1 aromatic heterocycles. The lowest BCUT2D eigenvalue weighted by Gasteiger charge is -2.36. The highest BCUT2D eigenvalue weighted by Crippen LogP contribution is 2.31. The summed E-state index contributed by atoms with van der Waals surface area (Å²) in [6.07, 6.45) is 10.2. The molecule has 0 aromatic carbocycles. The van der Waals surface area contributed by atoms with E-state index in [2.05, 4.69) is 28.4 Å². The van der Waals surface area contributed by atoms with E-state index in [9.17, 15) is 4.79 Å². The lowest BCUT2D eigenvalue weighted by Crippen LogP contribution is -2.45. The Balaban J connectivity index is 1.74. The van der Waals surface area contributed by atoms with Crippen LogP contribution in [0.5, 0.6) is 0 Å². The maximum Gasteiger partial charge on any atom is 0.227 e. The molecule has 0 spiro atoms. The summed E-state index contributed by atoms with van der Waals surface area (Å²) in [6.45, 7) is 4.62. The van der Waals surface area contributed by atoms with Gasteiger partial charge >= 0.3 is 0 Å². The summed E-state index contributed by atoms with van der Waals surface area (Å²) < 4.78 is 1.83. The molecule has 1 aliphatic heterocycles. The number of carbonyl (C=O) groups is 1. The van der Waals surface area contributed by atoms with Crippen LogP contribution in [-0.4, -0.2) is 46.3 Å². The van der Waals surface area contributed by atoms with Gasteiger partial charge in [-0.25, -0.2) is 0 Å². The van der Waals surface area contributed by atoms with Gasteiger partial charge in [-0.1, -0.05) is 19.3 Å². The number of hydrogen-bond acceptors (Lipinski definition) is 3. The molecule has 122 valence electrons. The van der Waals surface area contributed by atoms with Crippen LogP contribution in [0.3, 0.4) is 0 Å². The minimum absolute atomic E-state index is 0.0612. The highest BCUT2D eigenvalue weighted by Gasteiger charge is 2.38. The zero-order valence-electron chi connectivity index (χ0n) is 13.8. The molecule has 3 rings (SSSR count). The molecule has 5 heteroatoms. The van der Waals surface area contributed by atoms with Gasteiger partial charge in [-0.05, 0) is 25.3 Å². The van der Waals surface area contributed by atoms with Gasteiger partial charge in [-0.2, -0.15) is 5.10 Å². The first-order chi connectivity index (χ1) is 10.7. The number of nitrogens with one attached hydrogen (secondary N) is 1. The number of aryl methyl sites for hydroxylation is 1. The van der Waals surface area contributed by atoms with Crippen LogP contribution in [0.2, 0.25) is 0 Å². The van der Waals surface area contributed by atoms with Crippen LogP contribution >= 0.6 is 0 Å². The van der Waals surface area contributed by atoms with Crippen LogP contribution in [0, 0.1) is 5.92 Å². The topological polar surface area (TPSA) is 50.2 Å². The second-order valence-corrected chi connectivity index (χ2v) is 6.73. The van der Waals surface area contributed by atoms with E-state index < -0.39 is 0 Å². The third kappa shape index (κ3) is 3.05. The van der Waals surface area contributed by atoms with Crippen molar-refractivity contribution in [2.75, 3.05) is 19.6 Å². The second kappa shape index (κ2) is 6.82. The van der Waals surface area contributed by atoms with Crippen molar-refractivity contribution < 1.29 is 4.79 Å². The lowest BCUT2D eigenvalue weighted by molar-refractivity contribution is -0.138. The van der Waals surface area contributed by atoms with E-state index in [0.717, 1.165) is 19.6 Å². The quantitative estimate of drug-likeness (QED) is 0.924. The Hall–Kier alpha value is -1.36. The Morgan fingerprint density at radius 2 is 2.14 bits per heavy atom. The number of nitrogens with zero attached hydrogens (tertiary/aromatic N) is 3. The maximum absolute atomic E-state index is 13.1. The van der Waals surface area contributed by atoms with E-state index in [0.29, 0.717) is 11.9 Å². The standard InChI is InChI=1S/C17H28N4O/c1-3-21(14-7-5-4-6-8-14)17(22)16-11-18-10-15(16)13-9-19-20(2)12-13/h9,12,14-16,18H,3-8,10-11H2,1-2H3/t15-,16+/m1/s1. The van der Waals surface area contributed by atoms with Crippen molar-refractivity contribution in [3.05, 3.63) is 18.0 Å². The largest absolute Gasteiger partial charge is 0.340 e. The highest BCUT2D eigenvalue weighted by molar-refractivity contribution is 5.81. The summed E-state index contributed by atoms with van der Waals surface area (Å²) >= 11 is 0. The van der Waals surface area contributed by atoms with Crippen LogP contribution in [0.15, 0.2) is 12.4 Å². The molecule has 1 saturated carbocycles. The average Bonchev–Trinajstić information content (AvgIpc) is 3.17. The maximum atomic E-state index is 13.1. The van der Waals surface area contributed by atoms with Crippen LogP contribution in [0.25, 0.3) is 0 Å². The fraction of sp³-hybridized carbons (Fsp3) is 0.765. The zero-order valence-corrected chi connectivity index (χ0v) is 13.8. The van der Waals surface area contributed by atoms with Gasteiger partial charge in [0.25, 0.3) is 0 Å². The van der Waals surface area contributed by atoms with E-state index in [4.69, 9.17) is 0 Å². The molecule has 0 unspecified atom stereocenters. The molecular formula is C17H28N4O. The van der Waals surface area contributed by atoms with Gasteiger partial charge in [0.15, 0.2) is 0 Å². The molecule has 1 saturated heterocycles. The fourth-order valence-electron chi connectivity index (χ4n) is 4.12. The SMILES string of the molecule is CCN(C(=O)[C@H]1CNC[C@@H]1c1cnn(C)c1)C1CCCCC1. The minimum atomic E-state index is 0.0612. The van der Waals surface area contributed by atoms with Crippen molar-refractivity contribution in [2.45, 2.75) is 51.0 Å². The molecule has 1 N–H and O–H groups in total. The Kier molecular flexibility index (Phi) is 4.81. The molecule has 5 nitrogen and oxygen atoms in total. The summed E-state index contributed by atoms with van der Waals surface area (Å²) in [5.41, 5.74) is 1.19. The molecule has 2 atom stereocenters. The van der Waals surface area contributed by atoms with Gasteiger partial charge in [-0.3, -0.25) is 9.48 Å². The van der Waals surface area contributed by atoms with E-state index >= 15 is 0 Å². The second-order valence-electron chi connectivity index (χ2n) is 6.73. The number of aromatic nitrogens is 2. The van der Waals surface area contributed by atoms with Gasteiger partial charge in [-0.15, -0.1) is 0 Å². The predicted octanol–water partition coefficient (Wildman–Crippen LogP) is 1.90. The lowest BCUT2D eigenvalue weighted by atomic mass is 9.88. The zero-order chi connectivity index (χ0) is 15.5. The molecule has 1 aliphatic carbocycles. The molecular weight excluding hydrogens is 276 g/mol. The smallest absolute Gasteiger partial charge is 0.227 e. The number of carbonyl (C=O) groups excluding carboxylic acids is 1. The first-order valence-electron chi connectivity index (χ1n) is 8.70. The van der Waals surface area contributed by atoms with Gasteiger partial charge in [0.2, 0.25) is 5.91 Å². The number of hydrogen-bond donors (Lipinski definition) is 1. The molecule has 1 aromatic rings. The highest BCUT2D eigenvalue weighted by atomic mass is 16.2. The van der Waals surface area contributed by atoms with Crippen molar-refractivity contribution in [1.29, 1.82) is 0 Å². The first kappa shape index (κ1) is 15.5. The van der Waals surface area contributed by atoms with Crippen molar-refractivity contribution in [3.8, 4) is 0 Å². The average molecular weight is 304 g/mol. The Bertz CT molecular complexity index is 507. The third-order valence-corrected chi connectivity index (χ3v) is 5.32. The monoisotopic (exact) mass is 304 g/mol. The molecule has 0 radical (unpaired) electrons. The minimum Gasteiger partial charge on any atom is -0.340 e. The van der Waals surface area contributed by atoms with Crippen molar-refractivity contribution in [2.24, 2.45) is 13.0 Å². The first-order valence-corrected chi connectivity index (χ1v) is 8.70. The Labute approximate surface area is 133 Å². The van der Waals surface area contributed by atoms with Crippen molar-refractivity contribution in [1.82, 2.24) is 20.0 Å². The molecule has 1 amide bonds. The predicted molar refractivity (Wildman–Crippen MR) is 86.6 cm³/mol. The normalized spacial score (nSPS) is 26.3. The molecule has 0 bridgehead atoms. The van der Waals surface area contributed by atoms with Gasteiger partial charge in [0.1, 0.15) is 0 Å². The van der Waals surface area contributed by atoms with Crippen LogP contribution in [0.1, 0.15) is 50.5 Å². The summed E-state index contributed by atoms with van der Waals surface area (Å²) in [7, 11) is 1.93. The van der Waals surface area contributed by atoms with Crippen molar-refractivity contribution in [3.63, 3.8) is 0 Å². The molecule has 2 aliphatic rings. The summed E-state index contributed by atoms with van der Waals surface area (Å²) in [5.74, 6) is 0.665. The van der Waals surface area contributed by atoms with Crippen LogP contribution in [0.4, 0.5) is 0 Å². The summed E-state index contributed by atoms with van der Waals surface area (Å²) in [5, 5.41) is 7.68. The number of rotatable bonds is 4. The van der Waals surface area contributed by atoms with Crippen molar-refractivity contribution >= 4 is 5.91 Å². The van der Waals surface area contributed by atoms with Crippen LogP contribution < -0.4 is 5.32 Å². The third-order valence-electron chi connectivity index (χ3n) is 5.32. The van der Waals surface area contributed by atoms with E-state index in [1.54, 1.807) is 0 Å². The van der Waals surface area contributed by atoms with E-state index in [-0.39, 0.29) is 11.8 Å². The van der Waals surface area contributed by atoms with Gasteiger partial charge in [0.05, 0.1) is 12.1 Å². The van der Waals surface area contributed by atoms with Gasteiger partial charge in [0, 0.05) is 44.8 Å². The molecule has 2 heterocycles. The Morgan fingerprint density at radius 3 is 2.77 bits per heavy atom. The molecule has 22 heavy (non-hydrogen) atoms. The summed E-state index contributed by atoms with van der Waals surface area (Å²) in [6, 6.07) is 0.460. The number of amides is 1. The Morgan fingerprint density at radius 1 is 1.36 bits per heavy atom.